The Balaban J connectivity index is 1.37. The Morgan fingerprint density at radius 2 is 1.69 bits per heavy atom. The Morgan fingerprint density at radius 1 is 1.00 bits per heavy atom. The molecule has 0 atom stereocenters. The molecule has 166 valence electrons. The summed E-state index contributed by atoms with van der Waals surface area (Å²) in [6, 6.07) is 13.7. The highest BCUT2D eigenvalue weighted by molar-refractivity contribution is 7.91. The molecule has 0 bridgehead atoms. The molecular formula is C24H26N4O3S. The van der Waals surface area contributed by atoms with Gasteiger partial charge in [0.15, 0.2) is 9.84 Å². The molecule has 2 aromatic carbocycles. The van der Waals surface area contributed by atoms with Crippen LogP contribution in [0.25, 0.3) is 12.2 Å². The lowest BCUT2D eigenvalue weighted by Gasteiger charge is -2.22. The molecule has 1 saturated heterocycles. The van der Waals surface area contributed by atoms with Gasteiger partial charge in [-0.1, -0.05) is 24.3 Å². The van der Waals surface area contributed by atoms with Gasteiger partial charge in [-0.25, -0.2) is 18.4 Å². The summed E-state index contributed by atoms with van der Waals surface area (Å²) in [7, 11) is -3.30. The number of piperidine rings is 1. The first-order chi connectivity index (χ1) is 15.5. The normalized spacial score (nSPS) is 15.1. The number of nitrogens with one attached hydrogen (secondary N) is 2. The summed E-state index contributed by atoms with van der Waals surface area (Å²) in [6.45, 7) is 1.76. The summed E-state index contributed by atoms with van der Waals surface area (Å²) >= 11 is 0. The minimum atomic E-state index is -3.30. The van der Waals surface area contributed by atoms with Crippen molar-refractivity contribution in [3.63, 3.8) is 0 Å². The van der Waals surface area contributed by atoms with Crippen molar-refractivity contribution in [1.82, 2.24) is 15.3 Å². The zero-order valence-corrected chi connectivity index (χ0v) is 18.4. The molecule has 1 aliphatic rings. The maximum atomic E-state index is 12.7. The number of phenolic OH excluding ortho intramolecular Hbond substituents is 1. The van der Waals surface area contributed by atoms with E-state index in [9.17, 15) is 13.5 Å². The summed E-state index contributed by atoms with van der Waals surface area (Å²) in [5.74, 6) is 1.05. The predicted molar refractivity (Wildman–Crippen MR) is 126 cm³/mol. The van der Waals surface area contributed by atoms with Crippen molar-refractivity contribution in [2.45, 2.75) is 17.7 Å². The van der Waals surface area contributed by atoms with E-state index < -0.39 is 9.84 Å². The largest absolute Gasteiger partial charge is 0.508 e. The first-order valence-electron chi connectivity index (χ1n) is 10.6. The third-order valence-electron chi connectivity index (χ3n) is 5.39. The first-order valence-corrected chi connectivity index (χ1v) is 12.2. The van der Waals surface area contributed by atoms with Crippen molar-refractivity contribution in [2.75, 3.05) is 24.2 Å². The van der Waals surface area contributed by atoms with Crippen molar-refractivity contribution in [3.8, 4) is 5.75 Å². The molecule has 0 aliphatic carbocycles. The maximum Gasteiger partial charge on any atom is 0.227 e. The van der Waals surface area contributed by atoms with Gasteiger partial charge >= 0.3 is 0 Å². The van der Waals surface area contributed by atoms with Gasteiger partial charge in [-0.05, 0) is 73.8 Å². The SMILES string of the molecule is O=S(=O)(CC1CCNCC1)c1ccc(Nc2ncc(/C=C/c3cccc(O)c3)cn2)cc1. The van der Waals surface area contributed by atoms with Crippen LogP contribution < -0.4 is 10.6 Å². The van der Waals surface area contributed by atoms with Crippen LogP contribution in [0.4, 0.5) is 11.6 Å². The number of aromatic nitrogens is 2. The smallest absolute Gasteiger partial charge is 0.227 e. The van der Waals surface area contributed by atoms with Crippen LogP contribution in [0.1, 0.15) is 24.0 Å². The molecule has 2 heterocycles. The van der Waals surface area contributed by atoms with Crippen LogP contribution in [-0.2, 0) is 9.84 Å². The molecule has 0 saturated carbocycles. The third-order valence-corrected chi connectivity index (χ3v) is 7.29. The molecule has 8 heteroatoms. The molecule has 1 aliphatic heterocycles. The fraction of sp³-hybridized carbons (Fsp3) is 0.250. The quantitative estimate of drug-likeness (QED) is 0.502. The lowest BCUT2D eigenvalue weighted by atomic mass is 10.0. The number of sulfone groups is 1. The summed E-state index contributed by atoms with van der Waals surface area (Å²) in [4.78, 5) is 8.95. The number of phenols is 1. The van der Waals surface area contributed by atoms with E-state index in [1.165, 1.54) is 0 Å². The van der Waals surface area contributed by atoms with Crippen LogP contribution in [-0.4, -0.2) is 42.3 Å². The second-order valence-electron chi connectivity index (χ2n) is 7.89. The van der Waals surface area contributed by atoms with Crippen molar-refractivity contribution < 1.29 is 13.5 Å². The number of hydrogen-bond acceptors (Lipinski definition) is 7. The predicted octanol–water partition coefficient (Wildman–Crippen LogP) is 3.87. The average Bonchev–Trinajstić information content (AvgIpc) is 2.79. The van der Waals surface area contributed by atoms with E-state index in [4.69, 9.17) is 0 Å². The van der Waals surface area contributed by atoms with Crippen molar-refractivity contribution in [3.05, 3.63) is 72.1 Å². The number of aromatic hydroxyl groups is 1. The molecule has 7 nitrogen and oxygen atoms in total. The van der Waals surface area contributed by atoms with Gasteiger partial charge in [-0.3, -0.25) is 0 Å². The van der Waals surface area contributed by atoms with Gasteiger partial charge in [0.2, 0.25) is 5.95 Å². The maximum absolute atomic E-state index is 12.7. The van der Waals surface area contributed by atoms with Crippen molar-refractivity contribution >= 4 is 33.6 Å². The number of nitrogens with zero attached hydrogens (tertiary/aromatic N) is 2. The molecule has 0 radical (unpaired) electrons. The van der Waals surface area contributed by atoms with Gasteiger partial charge in [0.1, 0.15) is 5.75 Å². The van der Waals surface area contributed by atoms with Gasteiger partial charge in [-0.2, -0.15) is 0 Å². The number of hydrogen-bond donors (Lipinski definition) is 3. The van der Waals surface area contributed by atoms with Crippen LogP contribution in [0.5, 0.6) is 5.75 Å². The molecule has 0 unspecified atom stereocenters. The number of rotatable bonds is 7. The molecule has 0 spiro atoms. The fourth-order valence-electron chi connectivity index (χ4n) is 3.64. The second kappa shape index (κ2) is 9.93. The van der Waals surface area contributed by atoms with Crippen LogP contribution in [0.15, 0.2) is 65.8 Å². The number of anilines is 2. The molecule has 4 rings (SSSR count). The highest BCUT2D eigenvalue weighted by atomic mass is 32.2. The zero-order chi connectivity index (χ0) is 22.4. The zero-order valence-electron chi connectivity index (χ0n) is 17.6. The van der Waals surface area contributed by atoms with Crippen LogP contribution in [0.3, 0.4) is 0 Å². The van der Waals surface area contributed by atoms with E-state index in [2.05, 4.69) is 20.6 Å². The van der Waals surface area contributed by atoms with E-state index in [1.807, 2.05) is 18.2 Å². The Labute approximate surface area is 188 Å². The van der Waals surface area contributed by atoms with Gasteiger partial charge in [0.05, 0.1) is 10.6 Å². The summed E-state index contributed by atoms with van der Waals surface area (Å²) in [6.07, 6.45) is 8.90. The lowest BCUT2D eigenvalue weighted by molar-refractivity contribution is 0.401. The highest BCUT2D eigenvalue weighted by Gasteiger charge is 2.22. The topological polar surface area (TPSA) is 104 Å². The van der Waals surface area contributed by atoms with Gasteiger partial charge in [-0.15, -0.1) is 0 Å². The van der Waals surface area contributed by atoms with Crippen molar-refractivity contribution in [2.24, 2.45) is 5.92 Å². The molecule has 32 heavy (non-hydrogen) atoms. The van der Waals surface area contributed by atoms with Crippen LogP contribution in [0.2, 0.25) is 0 Å². The molecule has 3 aromatic rings. The summed E-state index contributed by atoms with van der Waals surface area (Å²) in [5.41, 5.74) is 2.41. The second-order valence-corrected chi connectivity index (χ2v) is 9.93. The molecule has 3 N–H and O–H groups in total. The Bertz CT molecular complexity index is 1170. The number of benzene rings is 2. The van der Waals surface area contributed by atoms with E-state index in [-0.39, 0.29) is 17.4 Å². The van der Waals surface area contributed by atoms with Crippen molar-refractivity contribution in [1.29, 1.82) is 0 Å². The summed E-state index contributed by atoms with van der Waals surface area (Å²) < 4.78 is 25.4. The average molecular weight is 451 g/mol. The molecule has 1 aromatic heterocycles. The standard InChI is InChI=1S/C24H26N4O3S/c29-22-3-1-2-18(14-22)4-5-20-15-26-24(27-16-20)28-21-6-8-23(9-7-21)32(30,31)17-19-10-12-25-13-11-19/h1-9,14-16,19,25,29H,10-13,17H2,(H,26,27,28)/b5-4+. The summed E-state index contributed by atoms with van der Waals surface area (Å²) in [5, 5.41) is 15.9. The van der Waals surface area contributed by atoms with E-state index >= 15 is 0 Å². The van der Waals surface area contributed by atoms with E-state index in [0.717, 1.165) is 37.1 Å². The van der Waals surface area contributed by atoms with Gasteiger partial charge < -0.3 is 15.7 Å². The Kier molecular flexibility index (Phi) is 6.82. The van der Waals surface area contributed by atoms with Crippen LogP contribution >= 0.6 is 0 Å². The molecule has 0 amide bonds. The van der Waals surface area contributed by atoms with E-state index in [0.29, 0.717) is 16.5 Å². The van der Waals surface area contributed by atoms with Gasteiger partial charge in [0, 0.05) is 23.6 Å². The Morgan fingerprint density at radius 3 is 2.38 bits per heavy atom. The molecule has 1 fully saturated rings. The van der Waals surface area contributed by atoms with Gasteiger partial charge in [0.25, 0.3) is 0 Å². The minimum absolute atomic E-state index is 0.197. The minimum Gasteiger partial charge on any atom is -0.508 e. The monoisotopic (exact) mass is 450 g/mol. The van der Waals surface area contributed by atoms with Crippen LogP contribution in [0, 0.1) is 5.92 Å². The molecular weight excluding hydrogens is 424 g/mol. The fourth-order valence-corrected chi connectivity index (χ4v) is 5.34. The lowest BCUT2D eigenvalue weighted by Crippen LogP contribution is -2.31. The highest BCUT2D eigenvalue weighted by Crippen LogP contribution is 2.22. The van der Waals surface area contributed by atoms with E-state index in [1.54, 1.807) is 54.9 Å². The first kappa shape index (κ1) is 22.0. The third kappa shape index (κ3) is 5.93. The Hall–Kier alpha value is -3.23.